The van der Waals surface area contributed by atoms with Crippen LogP contribution in [-0.4, -0.2) is 53.4 Å². The topological polar surface area (TPSA) is 57.5 Å². The van der Waals surface area contributed by atoms with Crippen molar-refractivity contribution in [2.24, 2.45) is 13.0 Å². The lowest BCUT2D eigenvalue weighted by Crippen LogP contribution is -2.43. The van der Waals surface area contributed by atoms with Crippen LogP contribution in [0.15, 0.2) is 23.1 Å². The zero-order chi connectivity index (χ0) is 16.2. The zero-order valence-electron chi connectivity index (χ0n) is 14.9. The quantitative estimate of drug-likeness (QED) is 0.820. The SMILES string of the molecule is Cl.Cl.Cn1ccc(C2CCN(CC(O)C3CCNCC3)CC2)cc1=O. The maximum absolute atomic E-state index is 11.8. The van der Waals surface area contributed by atoms with Crippen molar-refractivity contribution >= 4 is 24.8 Å². The summed E-state index contributed by atoms with van der Waals surface area (Å²) in [6.45, 7) is 4.90. The van der Waals surface area contributed by atoms with Crippen LogP contribution in [-0.2, 0) is 7.05 Å². The van der Waals surface area contributed by atoms with Gasteiger partial charge in [0, 0.05) is 25.9 Å². The van der Waals surface area contributed by atoms with E-state index in [4.69, 9.17) is 0 Å². The van der Waals surface area contributed by atoms with Crippen LogP contribution in [0.25, 0.3) is 0 Å². The summed E-state index contributed by atoms with van der Waals surface area (Å²) in [6.07, 6.45) is 6.00. The highest BCUT2D eigenvalue weighted by molar-refractivity contribution is 5.85. The number of piperidine rings is 2. The van der Waals surface area contributed by atoms with E-state index in [0.29, 0.717) is 11.8 Å². The van der Waals surface area contributed by atoms with E-state index in [1.165, 1.54) is 5.56 Å². The third-order valence-corrected chi connectivity index (χ3v) is 5.56. The molecule has 2 saturated heterocycles. The standard InChI is InChI=1S/C18H29N3O2.2ClH/c1-20-9-4-16(12-18(20)23)14-5-10-21(11-6-14)13-17(22)15-2-7-19-8-3-15;;/h4,9,12,14-15,17,19,22H,2-3,5-8,10-11,13H2,1H3;2*1H. The van der Waals surface area contributed by atoms with Crippen molar-refractivity contribution in [1.29, 1.82) is 0 Å². The summed E-state index contributed by atoms with van der Waals surface area (Å²) in [4.78, 5) is 14.2. The van der Waals surface area contributed by atoms with E-state index in [0.717, 1.165) is 58.4 Å². The van der Waals surface area contributed by atoms with Gasteiger partial charge in [-0.15, -0.1) is 24.8 Å². The van der Waals surface area contributed by atoms with E-state index in [2.05, 4.69) is 16.3 Å². The van der Waals surface area contributed by atoms with E-state index in [1.807, 2.05) is 6.20 Å². The Kier molecular flexibility index (Phi) is 9.46. The number of aryl methyl sites for hydroxylation is 1. The fourth-order valence-corrected chi connectivity index (χ4v) is 3.91. The van der Waals surface area contributed by atoms with Gasteiger partial charge in [0.05, 0.1) is 6.10 Å². The van der Waals surface area contributed by atoms with E-state index in [-0.39, 0.29) is 36.5 Å². The molecule has 0 spiro atoms. The largest absolute Gasteiger partial charge is 0.392 e. The number of likely N-dealkylation sites (tertiary alicyclic amines) is 1. The van der Waals surface area contributed by atoms with Crippen molar-refractivity contribution < 1.29 is 5.11 Å². The Bertz CT molecular complexity index is 568. The van der Waals surface area contributed by atoms with Gasteiger partial charge < -0.3 is 19.9 Å². The van der Waals surface area contributed by atoms with Crippen molar-refractivity contribution in [2.45, 2.75) is 37.7 Å². The maximum atomic E-state index is 11.8. The highest BCUT2D eigenvalue weighted by Crippen LogP contribution is 2.28. The molecule has 0 aliphatic carbocycles. The molecule has 2 fully saturated rings. The van der Waals surface area contributed by atoms with Gasteiger partial charge in [-0.2, -0.15) is 0 Å². The molecule has 3 rings (SSSR count). The summed E-state index contributed by atoms with van der Waals surface area (Å²) < 4.78 is 1.62. The second kappa shape index (κ2) is 10.5. The zero-order valence-corrected chi connectivity index (χ0v) is 16.5. The Hall–Kier alpha value is -0.590. The van der Waals surface area contributed by atoms with Crippen molar-refractivity contribution in [3.8, 4) is 0 Å². The number of hydrogen-bond donors (Lipinski definition) is 2. The van der Waals surface area contributed by atoms with Gasteiger partial charge in [0.15, 0.2) is 0 Å². The van der Waals surface area contributed by atoms with Crippen LogP contribution in [0.2, 0.25) is 0 Å². The van der Waals surface area contributed by atoms with E-state index in [9.17, 15) is 9.90 Å². The number of pyridine rings is 1. The first kappa shape index (κ1) is 22.5. The molecule has 7 heteroatoms. The van der Waals surface area contributed by atoms with Crippen LogP contribution in [0.5, 0.6) is 0 Å². The number of rotatable bonds is 4. The van der Waals surface area contributed by atoms with Crippen LogP contribution in [0.4, 0.5) is 0 Å². The third-order valence-electron chi connectivity index (χ3n) is 5.56. The number of aliphatic hydroxyl groups is 1. The monoisotopic (exact) mass is 391 g/mol. The van der Waals surface area contributed by atoms with Gasteiger partial charge in [0.1, 0.15) is 0 Å². The van der Waals surface area contributed by atoms with Crippen LogP contribution >= 0.6 is 24.8 Å². The molecule has 2 aliphatic rings. The molecule has 1 unspecified atom stereocenters. The lowest BCUT2D eigenvalue weighted by Gasteiger charge is -2.36. The van der Waals surface area contributed by atoms with Crippen molar-refractivity contribution in [3.63, 3.8) is 0 Å². The molecule has 1 aromatic heterocycles. The Morgan fingerprint density at radius 3 is 2.44 bits per heavy atom. The molecule has 25 heavy (non-hydrogen) atoms. The molecule has 5 nitrogen and oxygen atoms in total. The lowest BCUT2D eigenvalue weighted by atomic mass is 9.88. The van der Waals surface area contributed by atoms with Crippen molar-refractivity contribution in [1.82, 2.24) is 14.8 Å². The fourth-order valence-electron chi connectivity index (χ4n) is 3.91. The summed E-state index contributed by atoms with van der Waals surface area (Å²) in [5.74, 6) is 0.933. The lowest BCUT2D eigenvalue weighted by molar-refractivity contribution is 0.0426. The smallest absolute Gasteiger partial charge is 0.250 e. The molecule has 0 saturated carbocycles. The van der Waals surface area contributed by atoms with Crippen LogP contribution in [0, 0.1) is 5.92 Å². The van der Waals surface area contributed by atoms with Crippen molar-refractivity contribution in [3.05, 3.63) is 34.2 Å². The number of aromatic nitrogens is 1. The van der Waals surface area contributed by atoms with Gasteiger partial charge in [0.25, 0.3) is 5.56 Å². The molecular weight excluding hydrogens is 361 g/mol. The second-order valence-corrected chi connectivity index (χ2v) is 7.14. The number of aliphatic hydroxyl groups excluding tert-OH is 1. The van der Waals surface area contributed by atoms with Gasteiger partial charge >= 0.3 is 0 Å². The van der Waals surface area contributed by atoms with Gasteiger partial charge in [-0.05, 0) is 75.3 Å². The molecule has 3 heterocycles. The number of halogens is 2. The first-order valence-electron chi connectivity index (χ1n) is 8.91. The molecule has 0 bridgehead atoms. The molecule has 0 aromatic carbocycles. The average molecular weight is 392 g/mol. The molecule has 1 aromatic rings. The summed E-state index contributed by atoms with van der Waals surface area (Å²) in [6, 6.07) is 3.86. The minimum atomic E-state index is -0.197. The summed E-state index contributed by atoms with van der Waals surface area (Å²) in [5, 5.41) is 13.8. The normalized spacial score (nSPS) is 21.2. The number of β-amino-alcohol motifs (C(OH)–C–C–N with tert-alkyl or cyclic N) is 1. The summed E-state index contributed by atoms with van der Waals surface area (Å²) in [5.41, 5.74) is 1.25. The van der Waals surface area contributed by atoms with Gasteiger partial charge in [0.2, 0.25) is 0 Å². The molecule has 0 amide bonds. The van der Waals surface area contributed by atoms with E-state index < -0.39 is 0 Å². The summed E-state index contributed by atoms with van der Waals surface area (Å²) >= 11 is 0. The minimum absolute atomic E-state index is 0. The Morgan fingerprint density at radius 1 is 1.20 bits per heavy atom. The maximum Gasteiger partial charge on any atom is 0.250 e. The fraction of sp³-hybridized carbons (Fsp3) is 0.722. The molecule has 144 valence electrons. The Labute approximate surface area is 162 Å². The first-order valence-corrected chi connectivity index (χ1v) is 8.91. The van der Waals surface area contributed by atoms with Gasteiger partial charge in [-0.25, -0.2) is 0 Å². The van der Waals surface area contributed by atoms with Crippen LogP contribution in [0.1, 0.15) is 37.2 Å². The van der Waals surface area contributed by atoms with E-state index >= 15 is 0 Å². The van der Waals surface area contributed by atoms with E-state index in [1.54, 1.807) is 17.7 Å². The predicted octanol–water partition coefficient (Wildman–Crippen LogP) is 1.77. The molecule has 0 radical (unpaired) electrons. The highest BCUT2D eigenvalue weighted by atomic mass is 35.5. The second-order valence-electron chi connectivity index (χ2n) is 7.14. The van der Waals surface area contributed by atoms with Gasteiger partial charge in [-0.1, -0.05) is 0 Å². The molecule has 1 atom stereocenters. The number of nitrogens with zero attached hydrogens (tertiary/aromatic N) is 2. The Balaban J connectivity index is 0.00000156. The third kappa shape index (κ3) is 5.97. The van der Waals surface area contributed by atoms with Crippen LogP contribution in [0.3, 0.4) is 0 Å². The summed E-state index contributed by atoms with van der Waals surface area (Å²) in [7, 11) is 1.79. The average Bonchev–Trinajstić information content (AvgIpc) is 2.59. The molecule has 2 N–H and O–H groups in total. The number of nitrogens with one attached hydrogen (secondary N) is 1. The van der Waals surface area contributed by atoms with Crippen LogP contribution < -0.4 is 10.9 Å². The molecular formula is C18H31Cl2N3O2. The number of hydrogen-bond acceptors (Lipinski definition) is 4. The first-order chi connectivity index (χ1) is 11.1. The minimum Gasteiger partial charge on any atom is -0.392 e. The Morgan fingerprint density at radius 2 is 1.84 bits per heavy atom. The predicted molar refractivity (Wildman–Crippen MR) is 106 cm³/mol. The van der Waals surface area contributed by atoms with Gasteiger partial charge in [-0.3, -0.25) is 4.79 Å². The molecule has 2 aliphatic heterocycles. The highest BCUT2D eigenvalue weighted by Gasteiger charge is 2.26. The van der Waals surface area contributed by atoms with Crippen molar-refractivity contribution in [2.75, 3.05) is 32.7 Å².